The third-order valence-corrected chi connectivity index (χ3v) is 5.10. The van der Waals surface area contributed by atoms with Crippen molar-refractivity contribution >= 4 is 17.8 Å². The number of amides is 2. The van der Waals surface area contributed by atoms with Crippen LogP contribution in [0.2, 0.25) is 0 Å². The van der Waals surface area contributed by atoms with E-state index >= 15 is 0 Å². The van der Waals surface area contributed by atoms with Crippen molar-refractivity contribution in [3.63, 3.8) is 0 Å². The number of nitrogens with two attached hydrogens (primary N) is 1. The summed E-state index contributed by atoms with van der Waals surface area (Å²) in [4.78, 5) is 36.9. The quantitative estimate of drug-likeness (QED) is 0.155. The first-order valence-electron chi connectivity index (χ1n) is 11.6. The molecule has 32 heavy (non-hydrogen) atoms. The van der Waals surface area contributed by atoms with E-state index in [1.807, 2.05) is 30.3 Å². The molecule has 1 rings (SSSR count). The maximum Gasteiger partial charge on any atom is 0.306 e. The molecule has 1 aromatic carbocycles. The summed E-state index contributed by atoms with van der Waals surface area (Å²) >= 11 is 0. The predicted molar refractivity (Wildman–Crippen MR) is 122 cm³/mol. The molecule has 0 fully saturated rings. The fourth-order valence-corrected chi connectivity index (χ4v) is 3.13. The van der Waals surface area contributed by atoms with Gasteiger partial charge in [-0.1, -0.05) is 30.3 Å². The summed E-state index contributed by atoms with van der Waals surface area (Å²) in [6.45, 7) is 1.95. The third kappa shape index (κ3) is 12.4. The highest BCUT2D eigenvalue weighted by Crippen LogP contribution is 2.05. The van der Waals surface area contributed by atoms with Crippen LogP contribution in [0.1, 0.15) is 56.9 Å². The summed E-state index contributed by atoms with van der Waals surface area (Å²) in [7, 11) is 0. The lowest BCUT2D eigenvalue weighted by atomic mass is 10.1. The Labute approximate surface area is 190 Å². The highest BCUT2D eigenvalue weighted by Gasteiger charge is 2.24. The minimum absolute atomic E-state index is 0.216. The van der Waals surface area contributed by atoms with Crippen molar-refractivity contribution in [3.05, 3.63) is 35.9 Å². The molecule has 10 N–H and O–H groups in total. The lowest BCUT2D eigenvalue weighted by Gasteiger charge is -2.19. The summed E-state index contributed by atoms with van der Waals surface area (Å²) in [5.41, 5.74) is 14.1. The van der Waals surface area contributed by atoms with E-state index in [0.717, 1.165) is 37.8 Å². The lowest BCUT2D eigenvalue weighted by Crippen LogP contribution is -2.68. The van der Waals surface area contributed by atoms with E-state index in [-0.39, 0.29) is 30.8 Å². The van der Waals surface area contributed by atoms with Gasteiger partial charge in [-0.2, -0.15) is 0 Å². The molecule has 0 aliphatic heterocycles. The maximum absolute atomic E-state index is 12.6. The van der Waals surface area contributed by atoms with Crippen LogP contribution in [0.4, 0.5) is 0 Å². The number of carbonyl (C=O) groups is 3. The first-order valence-corrected chi connectivity index (χ1v) is 11.6. The molecule has 2 atom stereocenters. The van der Waals surface area contributed by atoms with Crippen molar-refractivity contribution in [2.45, 2.75) is 70.1 Å². The van der Waals surface area contributed by atoms with Crippen LogP contribution in [0.25, 0.3) is 0 Å². The number of nitrogens with one attached hydrogen (secondary N) is 2. The number of ether oxygens (including phenoxy) is 1. The van der Waals surface area contributed by atoms with Gasteiger partial charge in [-0.15, -0.1) is 0 Å². The normalized spacial score (nSPS) is 12.6. The molecule has 0 aliphatic rings. The summed E-state index contributed by atoms with van der Waals surface area (Å²) in [6.07, 6.45) is 5.23. The number of benzene rings is 1. The van der Waals surface area contributed by atoms with Crippen LogP contribution < -0.4 is 27.8 Å². The van der Waals surface area contributed by atoms with Gasteiger partial charge in [-0.3, -0.25) is 14.4 Å². The number of hydrogen-bond acceptors (Lipinski definition) is 5. The Morgan fingerprint density at radius 1 is 0.969 bits per heavy atom. The Balaban J connectivity index is 2.37. The van der Waals surface area contributed by atoms with Crippen molar-refractivity contribution in [1.82, 2.24) is 10.6 Å². The van der Waals surface area contributed by atoms with Crippen molar-refractivity contribution in [3.8, 4) is 0 Å². The molecule has 2 amide bonds. The van der Waals surface area contributed by atoms with E-state index in [4.69, 9.17) is 10.5 Å². The van der Waals surface area contributed by atoms with Gasteiger partial charge >= 0.3 is 5.97 Å². The van der Waals surface area contributed by atoms with E-state index in [0.29, 0.717) is 32.4 Å². The Morgan fingerprint density at radius 2 is 1.69 bits per heavy atom. The average molecular weight is 452 g/mol. The molecule has 180 valence electrons. The fourth-order valence-electron chi connectivity index (χ4n) is 3.13. The SMILES string of the molecule is NCCCCC([NH3+])C(=O)NC(CCCC[NH3+])C(=O)NCCCC(=O)OCc1ccccc1. The van der Waals surface area contributed by atoms with E-state index in [2.05, 4.69) is 22.1 Å². The van der Waals surface area contributed by atoms with E-state index in [9.17, 15) is 14.4 Å². The average Bonchev–Trinajstić information content (AvgIpc) is 2.80. The second-order valence-electron chi connectivity index (χ2n) is 7.93. The van der Waals surface area contributed by atoms with E-state index in [1.54, 1.807) is 0 Å². The van der Waals surface area contributed by atoms with Crippen LogP contribution >= 0.6 is 0 Å². The summed E-state index contributed by atoms with van der Waals surface area (Å²) in [6, 6.07) is 8.45. The van der Waals surface area contributed by atoms with Crippen LogP contribution in [0.15, 0.2) is 30.3 Å². The maximum atomic E-state index is 12.6. The molecule has 9 heteroatoms. The molecule has 0 saturated carbocycles. The second-order valence-corrected chi connectivity index (χ2v) is 7.93. The minimum atomic E-state index is -0.613. The summed E-state index contributed by atoms with van der Waals surface area (Å²) in [5.74, 6) is -0.767. The highest BCUT2D eigenvalue weighted by molar-refractivity contribution is 5.89. The summed E-state index contributed by atoms with van der Waals surface area (Å²) < 4.78 is 5.24. The molecule has 0 heterocycles. The van der Waals surface area contributed by atoms with Gasteiger partial charge in [0.2, 0.25) is 5.91 Å². The second kappa shape index (κ2) is 17.1. The van der Waals surface area contributed by atoms with Gasteiger partial charge in [-0.25, -0.2) is 0 Å². The predicted octanol–water partition coefficient (Wildman–Crippen LogP) is -0.737. The van der Waals surface area contributed by atoms with Crippen LogP contribution in [0, 0.1) is 0 Å². The number of quaternary nitrogens is 2. The zero-order valence-corrected chi connectivity index (χ0v) is 19.2. The Kier molecular flexibility index (Phi) is 14.7. The Morgan fingerprint density at radius 3 is 2.38 bits per heavy atom. The molecular weight excluding hydrogens is 410 g/mol. The highest BCUT2D eigenvalue weighted by atomic mass is 16.5. The Hall–Kier alpha value is -2.49. The molecule has 0 saturated heterocycles. The fraction of sp³-hybridized carbons (Fsp3) is 0.609. The smallest absolute Gasteiger partial charge is 0.306 e. The van der Waals surface area contributed by atoms with Crippen LogP contribution in [0.3, 0.4) is 0 Å². The summed E-state index contributed by atoms with van der Waals surface area (Å²) in [5, 5.41) is 5.66. The topological polar surface area (TPSA) is 166 Å². The number of esters is 1. The largest absolute Gasteiger partial charge is 0.461 e. The molecule has 0 spiro atoms. The van der Waals surface area contributed by atoms with Gasteiger partial charge in [0.15, 0.2) is 6.04 Å². The zero-order chi connectivity index (χ0) is 23.6. The van der Waals surface area contributed by atoms with Crippen LogP contribution in [0.5, 0.6) is 0 Å². The van der Waals surface area contributed by atoms with Gasteiger partial charge in [0.05, 0.1) is 6.54 Å². The van der Waals surface area contributed by atoms with Gasteiger partial charge < -0.3 is 32.6 Å². The standard InChI is InChI=1S/C23H39N5O4/c24-14-6-4-11-19(26)22(30)28-20(12-5-7-15-25)23(31)27-16-8-13-21(29)32-17-18-9-2-1-3-10-18/h1-3,9-10,19-20H,4-8,11-17,24-26H2,(H,27,31)(H,28,30)/p+2. The Bertz CT molecular complexity index is 672. The van der Waals surface area contributed by atoms with Gasteiger partial charge in [0.25, 0.3) is 5.91 Å². The molecule has 0 bridgehead atoms. The van der Waals surface area contributed by atoms with Gasteiger partial charge in [-0.05, 0) is 50.6 Å². The molecule has 1 aromatic rings. The van der Waals surface area contributed by atoms with E-state index < -0.39 is 12.1 Å². The molecule has 2 unspecified atom stereocenters. The molecule has 0 radical (unpaired) electrons. The lowest BCUT2D eigenvalue weighted by molar-refractivity contribution is -0.405. The number of hydrogen-bond donors (Lipinski definition) is 5. The van der Waals surface area contributed by atoms with Gasteiger partial charge in [0.1, 0.15) is 12.6 Å². The number of unbranched alkanes of at least 4 members (excludes halogenated alkanes) is 2. The first kappa shape index (κ1) is 27.5. The zero-order valence-electron chi connectivity index (χ0n) is 19.2. The monoisotopic (exact) mass is 451 g/mol. The first-order chi connectivity index (χ1) is 15.5. The molecule has 0 aliphatic carbocycles. The molecule has 0 aromatic heterocycles. The van der Waals surface area contributed by atoms with Crippen LogP contribution in [-0.4, -0.2) is 49.5 Å². The van der Waals surface area contributed by atoms with Crippen molar-refractivity contribution in [1.29, 1.82) is 0 Å². The van der Waals surface area contributed by atoms with E-state index in [1.165, 1.54) is 0 Å². The van der Waals surface area contributed by atoms with Gasteiger partial charge in [0, 0.05) is 19.4 Å². The van der Waals surface area contributed by atoms with Crippen LogP contribution in [-0.2, 0) is 25.7 Å². The molecular formula is C23H41N5O4+2. The number of carbonyl (C=O) groups excluding carboxylic acids is 3. The number of rotatable bonds is 17. The third-order valence-electron chi connectivity index (χ3n) is 5.10. The molecule has 9 nitrogen and oxygen atoms in total. The van der Waals surface area contributed by atoms with Crippen molar-refractivity contribution in [2.75, 3.05) is 19.6 Å². The van der Waals surface area contributed by atoms with Crippen molar-refractivity contribution < 1.29 is 30.6 Å². The van der Waals surface area contributed by atoms with Crippen molar-refractivity contribution in [2.24, 2.45) is 5.73 Å². The minimum Gasteiger partial charge on any atom is -0.461 e.